The average Bonchev–Trinajstić information content (AvgIpc) is 0.889. The number of rotatable bonds is 64. The molecule has 0 aromatic rings. The van der Waals surface area contributed by atoms with Gasteiger partial charge in [-0.25, -0.2) is 0 Å². The van der Waals surface area contributed by atoms with E-state index in [-0.39, 0.29) is 30.5 Å². The molecule has 11 nitrogen and oxygen atoms in total. The van der Waals surface area contributed by atoms with E-state index in [0.717, 1.165) is 204 Å². The zero-order chi connectivity index (χ0) is 67.9. The van der Waals surface area contributed by atoms with Gasteiger partial charge in [-0.3, -0.25) is 19.2 Å². The predicted octanol–water partition coefficient (Wildman–Crippen LogP) is 20.9. The molecule has 0 aliphatic heterocycles. The van der Waals surface area contributed by atoms with E-state index >= 15 is 0 Å². The van der Waals surface area contributed by atoms with Crippen LogP contribution in [0.3, 0.4) is 0 Å². The number of amides is 2. The number of Topliss-reactive ketones (excluding diaryl/α,β-unsaturated/α-hetero) is 2. The first-order chi connectivity index (χ1) is 45.9. The summed E-state index contributed by atoms with van der Waals surface area (Å²) in [5.41, 5.74) is 0. The van der Waals surface area contributed by atoms with Crippen molar-refractivity contribution in [1.82, 2.24) is 10.6 Å². The van der Waals surface area contributed by atoms with Crippen LogP contribution in [0.15, 0.2) is 0 Å². The minimum Gasteiger partial charge on any atom is -0.396 e. The molecule has 3 aliphatic rings. The minimum absolute atomic E-state index is 0.000214. The first-order valence-electron chi connectivity index (χ1n) is 41.8. The second-order valence-electron chi connectivity index (χ2n) is 31.5. The third kappa shape index (κ3) is 43.6. The largest absolute Gasteiger partial charge is 0.396 e. The van der Waals surface area contributed by atoms with E-state index in [4.69, 9.17) is 5.11 Å². The molecule has 8 unspecified atom stereocenters. The summed E-state index contributed by atoms with van der Waals surface area (Å²) < 4.78 is 0. The van der Waals surface area contributed by atoms with Crippen molar-refractivity contribution < 1.29 is 44.7 Å². The lowest BCUT2D eigenvalue weighted by molar-refractivity contribution is -0.125. The van der Waals surface area contributed by atoms with Crippen molar-refractivity contribution in [2.24, 2.45) is 35.5 Å². The molecular formula is C83H156N2O9. The van der Waals surface area contributed by atoms with Crippen LogP contribution in [0, 0.1) is 35.5 Å². The fourth-order valence-electron chi connectivity index (χ4n) is 17.0. The molecule has 3 saturated carbocycles. The Morgan fingerprint density at radius 1 is 0.309 bits per heavy atom. The number of nitrogens with one attached hydrogen (secondary N) is 2. The highest BCUT2D eigenvalue weighted by molar-refractivity contribution is 5.80. The number of aliphatic hydroxyl groups is 5. The zero-order valence-corrected chi connectivity index (χ0v) is 62.1. The summed E-state index contributed by atoms with van der Waals surface area (Å²) in [6.45, 7) is 7.04. The van der Waals surface area contributed by atoms with Crippen molar-refractivity contribution >= 4 is 23.4 Å². The standard InChI is InChI=1S/C83H156N2O9/c1-4-7-10-13-22-30-47-68-64-70(49-40-42-54-75(88)67-73-52-39-38-51-72(73)66-74(87)53-32-24-17-15-18-25-34-58-79(90)78(89)57-33-21-12-9-6-3)71(65-69(68)48-31-23-14-11-8-5-2)50-41-45-62-83(94)85-77-56-44-43-55-76(77)84-82(93)61-37-27-20-16-19-26-35-59-80(91)81(92)60-36-28-29-46-63-86/h68-73,76-81,86,89-92H,4-67H2,1-3H3,(H,84,93)(H,85,94)/t68?,69?,70?,71?,72-,73-,76-,77-,78?,79?,80?,81?/m0/s1. The van der Waals surface area contributed by atoms with Crippen LogP contribution < -0.4 is 10.6 Å². The molecular weight excluding hydrogens is 1170 g/mol. The van der Waals surface area contributed by atoms with Gasteiger partial charge in [-0.2, -0.15) is 0 Å². The van der Waals surface area contributed by atoms with Gasteiger partial charge in [-0.05, 0) is 132 Å². The van der Waals surface area contributed by atoms with Gasteiger partial charge < -0.3 is 36.2 Å². The van der Waals surface area contributed by atoms with Crippen molar-refractivity contribution in [3.05, 3.63) is 0 Å². The number of hydrogen-bond donors (Lipinski definition) is 7. The normalized spacial score (nSPS) is 22.2. The fraction of sp³-hybridized carbons (Fsp3) is 0.952. The number of unbranched alkanes of at least 4 members (excludes halogenated alkanes) is 31. The monoisotopic (exact) mass is 1330 g/mol. The summed E-state index contributed by atoms with van der Waals surface area (Å²) in [7, 11) is 0. The second-order valence-corrected chi connectivity index (χ2v) is 31.5. The highest BCUT2D eigenvalue weighted by atomic mass is 16.3. The minimum atomic E-state index is -0.657. The van der Waals surface area contributed by atoms with Crippen molar-refractivity contribution in [3.8, 4) is 0 Å². The Bertz CT molecular complexity index is 1670. The topological polar surface area (TPSA) is 193 Å². The Morgan fingerprint density at radius 3 is 0.904 bits per heavy atom. The lowest BCUT2D eigenvalue weighted by atomic mass is 9.63. The van der Waals surface area contributed by atoms with Gasteiger partial charge in [0.2, 0.25) is 11.8 Å². The number of carbonyl (C=O) groups is 4. The molecule has 0 radical (unpaired) electrons. The van der Waals surface area contributed by atoms with E-state index in [0.29, 0.717) is 99.4 Å². The number of carbonyl (C=O) groups excluding carboxylic acids is 4. The maximum Gasteiger partial charge on any atom is 0.220 e. The van der Waals surface area contributed by atoms with Gasteiger partial charge in [0.05, 0.1) is 24.4 Å². The molecule has 94 heavy (non-hydrogen) atoms. The molecule has 11 heteroatoms. The van der Waals surface area contributed by atoms with Crippen LogP contribution in [-0.4, -0.2) is 92.0 Å². The third-order valence-electron chi connectivity index (χ3n) is 23.2. The number of ketones is 2. The van der Waals surface area contributed by atoms with E-state index in [1.54, 1.807) is 0 Å². The van der Waals surface area contributed by atoms with Crippen LogP contribution in [0.2, 0.25) is 0 Å². The van der Waals surface area contributed by atoms with Gasteiger partial charge in [0.1, 0.15) is 11.6 Å². The molecule has 0 spiro atoms. The molecule has 0 aromatic heterocycles. The molecule has 0 aromatic carbocycles. The lowest BCUT2D eigenvalue weighted by Gasteiger charge is -2.42. The average molecular weight is 1330 g/mol. The Labute approximate surface area is 579 Å². The summed E-state index contributed by atoms with van der Waals surface area (Å²) in [4.78, 5) is 54.0. The molecule has 7 N–H and O–H groups in total. The molecule has 0 heterocycles. The van der Waals surface area contributed by atoms with E-state index in [2.05, 4.69) is 31.4 Å². The Morgan fingerprint density at radius 2 is 0.564 bits per heavy atom. The summed E-state index contributed by atoms with van der Waals surface area (Å²) >= 11 is 0. The maximum absolute atomic E-state index is 13.8. The van der Waals surface area contributed by atoms with Crippen LogP contribution in [0.25, 0.3) is 0 Å². The fourth-order valence-corrected chi connectivity index (χ4v) is 17.0. The first-order valence-corrected chi connectivity index (χ1v) is 41.8. The summed E-state index contributed by atoms with van der Waals surface area (Å²) in [5.74, 6) is 4.77. The molecule has 0 saturated heterocycles. The van der Waals surface area contributed by atoms with Gasteiger partial charge in [0.15, 0.2) is 0 Å². The van der Waals surface area contributed by atoms with Gasteiger partial charge in [0.25, 0.3) is 0 Å². The molecule has 12 atom stereocenters. The van der Waals surface area contributed by atoms with E-state index in [1.165, 1.54) is 148 Å². The van der Waals surface area contributed by atoms with Crippen LogP contribution in [0.5, 0.6) is 0 Å². The molecule has 2 amide bonds. The van der Waals surface area contributed by atoms with Gasteiger partial charge in [0, 0.05) is 57.2 Å². The van der Waals surface area contributed by atoms with Crippen LogP contribution >= 0.6 is 0 Å². The first kappa shape index (κ1) is 86.3. The highest BCUT2D eigenvalue weighted by Gasteiger charge is 2.37. The zero-order valence-electron chi connectivity index (χ0n) is 62.1. The van der Waals surface area contributed by atoms with Crippen LogP contribution in [0.1, 0.15) is 425 Å². The highest BCUT2D eigenvalue weighted by Crippen LogP contribution is 2.47. The van der Waals surface area contributed by atoms with E-state index in [1.807, 2.05) is 0 Å². The van der Waals surface area contributed by atoms with E-state index in [9.17, 15) is 39.6 Å². The smallest absolute Gasteiger partial charge is 0.220 e. The lowest BCUT2D eigenvalue weighted by Crippen LogP contribution is -2.53. The Kier molecular flexibility index (Phi) is 54.0. The molecule has 3 fully saturated rings. The molecule has 3 rings (SSSR count). The van der Waals surface area contributed by atoms with Crippen molar-refractivity contribution in [2.45, 2.75) is 462 Å². The molecule has 0 bridgehead atoms. The van der Waals surface area contributed by atoms with Crippen molar-refractivity contribution in [3.63, 3.8) is 0 Å². The maximum atomic E-state index is 13.8. The van der Waals surface area contributed by atoms with Crippen LogP contribution in [-0.2, 0) is 19.2 Å². The summed E-state index contributed by atoms with van der Waals surface area (Å²) in [6.07, 6.45) is 64.7. The number of hydrogen-bond acceptors (Lipinski definition) is 9. The molecule has 3 aliphatic carbocycles. The summed E-state index contributed by atoms with van der Waals surface area (Å²) in [6, 6.07) is -0.00133. The summed E-state index contributed by atoms with van der Waals surface area (Å²) in [5, 5.41) is 57.1. The van der Waals surface area contributed by atoms with Crippen LogP contribution in [0.4, 0.5) is 0 Å². The number of aliphatic hydroxyl groups excluding tert-OH is 5. The quantitative estimate of drug-likeness (QED) is 0.0290. The Balaban J connectivity index is 1.43. The SMILES string of the molecule is CCCCCCCCC1CC(CCCCC(=O)C[C@@H]2CCCC[C@H]2CC(=O)CCCCCCCCCC(O)C(O)CCCCCCC)C(CCCCC(=O)N[C@H]2CCCC[C@@H]2NC(=O)CCCCCCCCCC(O)C(O)CCCCCCO)CC1CCCCCCCC. The van der Waals surface area contributed by atoms with Crippen molar-refractivity contribution in [2.75, 3.05) is 6.61 Å². The van der Waals surface area contributed by atoms with Crippen molar-refractivity contribution in [1.29, 1.82) is 0 Å². The Hall–Kier alpha value is -1.92. The van der Waals surface area contributed by atoms with Gasteiger partial charge in [-0.15, -0.1) is 0 Å². The predicted molar refractivity (Wildman–Crippen MR) is 394 cm³/mol. The van der Waals surface area contributed by atoms with Gasteiger partial charge >= 0.3 is 0 Å². The van der Waals surface area contributed by atoms with E-state index < -0.39 is 24.4 Å². The third-order valence-corrected chi connectivity index (χ3v) is 23.2. The molecule has 552 valence electrons. The van der Waals surface area contributed by atoms with Gasteiger partial charge in [-0.1, -0.05) is 290 Å². The second kappa shape index (κ2) is 58.8.